The number of hydrogen-bond acceptors (Lipinski definition) is 3. The maximum absolute atomic E-state index is 4.81. The van der Waals surface area contributed by atoms with Crippen molar-refractivity contribution in [3.8, 4) is 0 Å². The molecule has 2 aromatic carbocycles. The van der Waals surface area contributed by atoms with Gasteiger partial charge in [-0.3, -0.25) is 0 Å². The Labute approximate surface area is 134 Å². The van der Waals surface area contributed by atoms with Gasteiger partial charge in [0.05, 0.1) is 17.2 Å². The summed E-state index contributed by atoms with van der Waals surface area (Å²) in [6.45, 7) is 2.30. The van der Waals surface area contributed by atoms with E-state index in [-0.39, 0.29) is 0 Å². The number of rotatable bonds is 1. The Bertz CT molecular complexity index is 1010. The molecule has 1 aliphatic rings. The predicted octanol–water partition coefficient (Wildman–Crippen LogP) is 4.03. The molecule has 1 fully saturated rings. The van der Waals surface area contributed by atoms with E-state index < -0.39 is 0 Å². The van der Waals surface area contributed by atoms with Gasteiger partial charge in [0.25, 0.3) is 0 Å². The molecule has 0 radical (unpaired) electrons. The van der Waals surface area contributed by atoms with Crippen molar-refractivity contribution in [2.24, 2.45) is 0 Å². The van der Waals surface area contributed by atoms with Gasteiger partial charge in [0.15, 0.2) is 5.65 Å². The number of imidazole rings is 1. The number of anilines is 1. The van der Waals surface area contributed by atoms with Crippen LogP contribution in [0.4, 0.5) is 5.69 Å². The number of nitrogens with zero attached hydrogens (tertiary/aromatic N) is 4. The molecule has 2 aromatic heterocycles. The Morgan fingerprint density at radius 1 is 0.913 bits per heavy atom. The van der Waals surface area contributed by atoms with Gasteiger partial charge in [-0.2, -0.15) is 5.10 Å². The molecule has 4 heteroatoms. The highest BCUT2D eigenvalue weighted by molar-refractivity contribution is 5.97. The molecular weight excluding hydrogens is 284 g/mol. The van der Waals surface area contributed by atoms with E-state index in [0.29, 0.717) is 0 Å². The molecule has 4 aromatic rings. The Kier molecular flexibility index (Phi) is 2.77. The molecule has 0 amide bonds. The molecule has 1 saturated heterocycles. The van der Waals surface area contributed by atoms with Crippen LogP contribution >= 0.6 is 0 Å². The number of aromatic nitrogens is 3. The lowest BCUT2D eigenvalue weighted by Gasteiger charge is -2.28. The van der Waals surface area contributed by atoms with Crippen LogP contribution in [0.1, 0.15) is 19.3 Å². The zero-order valence-corrected chi connectivity index (χ0v) is 12.9. The van der Waals surface area contributed by atoms with Crippen LogP contribution in [0, 0.1) is 0 Å². The zero-order valence-electron chi connectivity index (χ0n) is 12.9. The maximum atomic E-state index is 4.81. The molecule has 1 aliphatic heterocycles. The van der Waals surface area contributed by atoms with Crippen molar-refractivity contribution in [2.75, 3.05) is 18.0 Å². The summed E-state index contributed by atoms with van der Waals surface area (Å²) < 4.78 is 1.98. The normalized spacial score (nSPS) is 15.7. The molecule has 23 heavy (non-hydrogen) atoms. The first-order valence-corrected chi connectivity index (χ1v) is 8.31. The number of benzene rings is 2. The highest BCUT2D eigenvalue weighted by Crippen LogP contribution is 2.27. The lowest BCUT2D eigenvalue weighted by atomic mass is 10.1. The average molecular weight is 302 g/mol. The minimum Gasteiger partial charge on any atom is -0.371 e. The van der Waals surface area contributed by atoms with E-state index in [1.54, 1.807) is 0 Å². The average Bonchev–Trinajstić information content (AvgIpc) is 3.01. The second-order valence-electron chi connectivity index (χ2n) is 6.30. The van der Waals surface area contributed by atoms with Crippen LogP contribution in [-0.2, 0) is 0 Å². The van der Waals surface area contributed by atoms with Crippen molar-refractivity contribution >= 4 is 33.1 Å². The monoisotopic (exact) mass is 302 g/mol. The Morgan fingerprint density at radius 3 is 2.70 bits per heavy atom. The summed E-state index contributed by atoms with van der Waals surface area (Å²) in [6, 6.07) is 14.9. The minimum absolute atomic E-state index is 0.939. The first-order valence-electron chi connectivity index (χ1n) is 8.31. The van der Waals surface area contributed by atoms with Gasteiger partial charge < -0.3 is 4.90 Å². The fraction of sp³-hybridized carbons (Fsp3) is 0.263. The number of fused-ring (bicyclic) bond motifs is 5. The first kappa shape index (κ1) is 12.9. The van der Waals surface area contributed by atoms with Gasteiger partial charge in [0, 0.05) is 29.5 Å². The molecule has 0 spiro atoms. The summed E-state index contributed by atoms with van der Waals surface area (Å²) in [6.07, 6.45) is 5.85. The van der Waals surface area contributed by atoms with Crippen LogP contribution in [0.15, 0.2) is 48.7 Å². The Balaban J connectivity index is 1.75. The Hall–Kier alpha value is -2.62. The molecule has 114 valence electrons. The standard InChI is InChI=1S/C19H18N4/c1-4-10-22(11-5-1)15-8-9-17-18(12-15)23-19(21-17)16-7-3-2-6-14(16)13-20-23/h2-3,6-9,12-13H,1,4-5,10-11H2. The summed E-state index contributed by atoms with van der Waals surface area (Å²) in [5, 5.41) is 6.90. The van der Waals surface area contributed by atoms with Crippen molar-refractivity contribution in [3.63, 3.8) is 0 Å². The molecule has 3 heterocycles. The van der Waals surface area contributed by atoms with Crippen molar-refractivity contribution < 1.29 is 0 Å². The van der Waals surface area contributed by atoms with Gasteiger partial charge in [-0.1, -0.05) is 24.3 Å². The molecule has 0 atom stereocenters. The second kappa shape index (κ2) is 4.95. The van der Waals surface area contributed by atoms with E-state index in [0.717, 1.165) is 40.5 Å². The maximum Gasteiger partial charge on any atom is 0.162 e. The van der Waals surface area contributed by atoms with Gasteiger partial charge in [-0.05, 0) is 37.5 Å². The summed E-state index contributed by atoms with van der Waals surface area (Å²) >= 11 is 0. The van der Waals surface area contributed by atoms with Crippen molar-refractivity contribution in [1.82, 2.24) is 14.6 Å². The zero-order chi connectivity index (χ0) is 15.2. The Morgan fingerprint density at radius 2 is 1.78 bits per heavy atom. The molecule has 4 nitrogen and oxygen atoms in total. The van der Waals surface area contributed by atoms with Gasteiger partial charge >= 0.3 is 0 Å². The van der Waals surface area contributed by atoms with Gasteiger partial charge in [0.1, 0.15) is 0 Å². The summed E-state index contributed by atoms with van der Waals surface area (Å²) in [5.74, 6) is 0. The molecule has 5 rings (SSSR count). The van der Waals surface area contributed by atoms with Gasteiger partial charge in [0.2, 0.25) is 0 Å². The van der Waals surface area contributed by atoms with E-state index >= 15 is 0 Å². The highest BCUT2D eigenvalue weighted by atomic mass is 15.3. The largest absolute Gasteiger partial charge is 0.371 e. The van der Waals surface area contributed by atoms with Crippen LogP contribution in [0.2, 0.25) is 0 Å². The quantitative estimate of drug-likeness (QED) is 0.532. The third-order valence-corrected chi connectivity index (χ3v) is 4.85. The third-order valence-electron chi connectivity index (χ3n) is 4.85. The summed E-state index contributed by atoms with van der Waals surface area (Å²) in [4.78, 5) is 7.29. The predicted molar refractivity (Wildman–Crippen MR) is 94.1 cm³/mol. The van der Waals surface area contributed by atoms with E-state index in [1.807, 2.05) is 16.8 Å². The van der Waals surface area contributed by atoms with Crippen LogP contribution in [0.5, 0.6) is 0 Å². The second-order valence-corrected chi connectivity index (χ2v) is 6.30. The number of hydrogen-bond donors (Lipinski definition) is 0. The van der Waals surface area contributed by atoms with Gasteiger partial charge in [-0.15, -0.1) is 0 Å². The molecule has 0 N–H and O–H groups in total. The number of piperidine rings is 1. The summed E-state index contributed by atoms with van der Waals surface area (Å²) in [7, 11) is 0. The molecular formula is C19H18N4. The van der Waals surface area contributed by atoms with Crippen molar-refractivity contribution in [3.05, 3.63) is 48.7 Å². The minimum atomic E-state index is 0.939. The van der Waals surface area contributed by atoms with E-state index in [2.05, 4.69) is 46.4 Å². The van der Waals surface area contributed by atoms with Crippen LogP contribution in [0.3, 0.4) is 0 Å². The lowest BCUT2D eigenvalue weighted by molar-refractivity contribution is 0.578. The highest BCUT2D eigenvalue weighted by Gasteiger charge is 2.14. The fourth-order valence-electron chi connectivity index (χ4n) is 3.62. The molecule has 0 saturated carbocycles. The fourth-order valence-corrected chi connectivity index (χ4v) is 3.62. The first-order chi connectivity index (χ1) is 11.4. The lowest BCUT2D eigenvalue weighted by Crippen LogP contribution is -2.29. The molecule has 0 unspecified atom stereocenters. The van der Waals surface area contributed by atoms with Crippen molar-refractivity contribution in [2.45, 2.75) is 19.3 Å². The van der Waals surface area contributed by atoms with E-state index in [4.69, 9.17) is 4.98 Å². The molecule has 0 bridgehead atoms. The van der Waals surface area contributed by atoms with E-state index in [1.165, 1.54) is 24.9 Å². The van der Waals surface area contributed by atoms with Crippen LogP contribution in [0.25, 0.3) is 27.5 Å². The van der Waals surface area contributed by atoms with E-state index in [9.17, 15) is 0 Å². The SMILES string of the molecule is c1ccc2c(c1)cnn1c3cc(N4CCCCC4)ccc3nc21. The smallest absolute Gasteiger partial charge is 0.162 e. The van der Waals surface area contributed by atoms with Crippen LogP contribution < -0.4 is 4.90 Å². The third kappa shape index (κ3) is 1.98. The molecule has 0 aliphatic carbocycles. The van der Waals surface area contributed by atoms with Crippen LogP contribution in [-0.4, -0.2) is 27.7 Å². The topological polar surface area (TPSA) is 33.4 Å². The van der Waals surface area contributed by atoms with Crippen molar-refractivity contribution in [1.29, 1.82) is 0 Å². The summed E-state index contributed by atoms with van der Waals surface area (Å²) in [5.41, 5.74) is 4.33. The van der Waals surface area contributed by atoms with Gasteiger partial charge in [-0.25, -0.2) is 9.50 Å².